The van der Waals surface area contributed by atoms with E-state index >= 15 is 0 Å². The van der Waals surface area contributed by atoms with Crippen molar-refractivity contribution in [3.05, 3.63) is 46.1 Å². The molecule has 1 saturated carbocycles. The van der Waals surface area contributed by atoms with Crippen molar-refractivity contribution in [3.8, 4) is 5.88 Å². The summed E-state index contributed by atoms with van der Waals surface area (Å²) in [5.74, 6) is 1.10. The van der Waals surface area contributed by atoms with E-state index in [4.69, 9.17) is 9.94 Å². The minimum absolute atomic E-state index is 0.426. The molecule has 94 valence electrons. The number of hydrogen-bond acceptors (Lipinski definition) is 3. The standard InChI is InChI=1S/C13H13BrN2O2/c14-12-3-1-2-10(9-4-5-9)11(12)8-18-13-6-7-16(17)15-13/h1-3,6-7,9,17H,4-5,8H2. The lowest BCUT2D eigenvalue weighted by molar-refractivity contribution is 0.141. The van der Waals surface area contributed by atoms with Gasteiger partial charge >= 0.3 is 0 Å². The van der Waals surface area contributed by atoms with E-state index in [0.29, 0.717) is 18.4 Å². The zero-order valence-corrected chi connectivity index (χ0v) is 11.3. The molecule has 1 aliphatic carbocycles. The first kappa shape index (κ1) is 11.6. The highest BCUT2D eigenvalue weighted by atomic mass is 79.9. The second kappa shape index (κ2) is 4.65. The van der Waals surface area contributed by atoms with Crippen molar-refractivity contribution in [2.24, 2.45) is 0 Å². The van der Waals surface area contributed by atoms with E-state index in [0.717, 1.165) is 9.32 Å². The molecule has 0 atom stereocenters. The molecule has 0 saturated heterocycles. The largest absolute Gasteiger partial charge is 0.472 e. The normalized spacial score (nSPS) is 14.7. The topological polar surface area (TPSA) is 47.3 Å². The Labute approximate surface area is 113 Å². The maximum absolute atomic E-state index is 9.07. The molecule has 2 aromatic rings. The molecular weight excluding hydrogens is 296 g/mol. The summed E-state index contributed by atoms with van der Waals surface area (Å²) in [4.78, 5) is 0.747. The van der Waals surface area contributed by atoms with Gasteiger partial charge in [0.15, 0.2) is 0 Å². The fourth-order valence-corrected chi connectivity index (χ4v) is 2.52. The average molecular weight is 309 g/mol. The van der Waals surface area contributed by atoms with Gasteiger partial charge in [-0.25, -0.2) is 0 Å². The molecular formula is C13H13BrN2O2. The fraction of sp³-hybridized carbons (Fsp3) is 0.308. The molecule has 0 aliphatic heterocycles. The van der Waals surface area contributed by atoms with Gasteiger partial charge in [0, 0.05) is 16.1 Å². The first-order valence-corrected chi connectivity index (χ1v) is 6.68. The molecule has 0 unspecified atom stereocenters. The van der Waals surface area contributed by atoms with Crippen LogP contribution < -0.4 is 4.74 Å². The van der Waals surface area contributed by atoms with Crippen LogP contribution >= 0.6 is 15.9 Å². The van der Waals surface area contributed by atoms with Gasteiger partial charge in [-0.1, -0.05) is 33.2 Å². The van der Waals surface area contributed by atoms with Gasteiger partial charge < -0.3 is 9.94 Å². The van der Waals surface area contributed by atoms with Gasteiger partial charge in [0.25, 0.3) is 0 Å². The third-order valence-electron chi connectivity index (χ3n) is 3.09. The number of nitrogens with zero attached hydrogens (tertiary/aromatic N) is 2. The maximum Gasteiger partial charge on any atom is 0.236 e. The average Bonchev–Trinajstić information content (AvgIpc) is 3.11. The molecule has 1 aliphatic rings. The molecule has 1 N–H and O–H groups in total. The summed E-state index contributed by atoms with van der Waals surface area (Å²) >= 11 is 3.57. The molecule has 3 rings (SSSR count). The monoisotopic (exact) mass is 308 g/mol. The lowest BCUT2D eigenvalue weighted by Gasteiger charge is -2.11. The fourth-order valence-electron chi connectivity index (χ4n) is 2.03. The van der Waals surface area contributed by atoms with Gasteiger partial charge in [-0.15, -0.1) is 4.85 Å². The van der Waals surface area contributed by atoms with Crippen LogP contribution in [0.3, 0.4) is 0 Å². The first-order valence-electron chi connectivity index (χ1n) is 5.89. The SMILES string of the molecule is On1ccc(OCc2c(Br)cccc2C2CC2)n1. The molecule has 1 aromatic heterocycles. The van der Waals surface area contributed by atoms with Crippen LogP contribution in [0, 0.1) is 0 Å². The molecule has 1 fully saturated rings. The van der Waals surface area contributed by atoms with Crippen molar-refractivity contribution < 1.29 is 9.94 Å². The summed E-state index contributed by atoms with van der Waals surface area (Å²) in [6.07, 6.45) is 3.96. The Morgan fingerprint density at radius 2 is 2.22 bits per heavy atom. The zero-order chi connectivity index (χ0) is 12.5. The van der Waals surface area contributed by atoms with Crippen molar-refractivity contribution in [2.45, 2.75) is 25.4 Å². The minimum atomic E-state index is 0.426. The lowest BCUT2D eigenvalue weighted by atomic mass is 10.0. The minimum Gasteiger partial charge on any atom is -0.472 e. The summed E-state index contributed by atoms with van der Waals surface area (Å²) in [6.45, 7) is 0.463. The maximum atomic E-state index is 9.07. The smallest absolute Gasteiger partial charge is 0.236 e. The van der Waals surface area contributed by atoms with Crippen LogP contribution in [0.15, 0.2) is 34.9 Å². The van der Waals surface area contributed by atoms with Gasteiger partial charge in [0.2, 0.25) is 5.88 Å². The van der Waals surface area contributed by atoms with Crippen LogP contribution in [0.5, 0.6) is 5.88 Å². The Balaban J connectivity index is 1.79. The van der Waals surface area contributed by atoms with Crippen LogP contribution in [0.25, 0.3) is 0 Å². The quantitative estimate of drug-likeness (QED) is 0.881. The lowest BCUT2D eigenvalue weighted by Crippen LogP contribution is -2.01. The summed E-state index contributed by atoms with van der Waals surface area (Å²) in [6, 6.07) is 7.87. The number of benzene rings is 1. The van der Waals surface area contributed by atoms with Crippen LogP contribution in [0.4, 0.5) is 0 Å². The molecule has 5 heteroatoms. The number of rotatable bonds is 4. The van der Waals surface area contributed by atoms with Crippen LogP contribution in [-0.4, -0.2) is 15.2 Å². The molecule has 4 nitrogen and oxygen atoms in total. The summed E-state index contributed by atoms with van der Waals surface area (Å²) in [5.41, 5.74) is 2.53. The van der Waals surface area contributed by atoms with Gasteiger partial charge in [-0.2, -0.15) is 0 Å². The molecule has 0 radical (unpaired) electrons. The summed E-state index contributed by atoms with van der Waals surface area (Å²) in [7, 11) is 0. The number of halogens is 1. The highest BCUT2D eigenvalue weighted by molar-refractivity contribution is 9.10. The van der Waals surface area contributed by atoms with E-state index < -0.39 is 0 Å². The Kier molecular flexibility index (Phi) is 2.99. The number of ether oxygens (including phenoxy) is 1. The number of aromatic nitrogens is 2. The van der Waals surface area contributed by atoms with Crippen molar-refractivity contribution in [1.29, 1.82) is 0 Å². The van der Waals surface area contributed by atoms with Gasteiger partial charge in [-0.3, -0.25) is 0 Å². The Hall–Kier alpha value is -1.49. The van der Waals surface area contributed by atoms with E-state index in [9.17, 15) is 0 Å². The first-order chi connectivity index (χ1) is 8.74. The Morgan fingerprint density at radius 1 is 1.39 bits per heavy atom. The predicted octanol–water partition coefficient (Wildman–Crippen LogP) is 3.34. The van der Waals surface area contributed by atoms with Crippen LogP contribution in [0.2, 0.25) is 0 Å². The predicted molar refractivity (Wildman–Crippen MR) is 69.9 cm³/mol. The molecule has 1 heterocycles. The third kappa shape index (κ3) is 2.36. The van der Waals surface area contributed by atoms with Crippen LogP contribution in [0.1, 0.15) is 29.9 Å². The van der Waals surface area contributed by atoms with E-state index in [1.165, 1.54) is 30.2 Å². The summed E-state index contributed by atoms with van der Waals surface area (Å²) < 4.78 is 6.66. The second-order valence-electron chi connectivity index (χ2n) is 4.44. The van der Waals surface area contributed by atoms with Gasteiger partial charge in [0.05, 0.1) is 6.20 Å². The van der Waals surface area contributed by atoms with E-state index in [2.05, 4.69) is 33.2 Å². The van der Waals surface area contributed by atoms with Crippen molar-refractivity contribution >= 4 is 15.9 Å². The van der Waals surface area contributed by atoms with Gasteiger partial charge in [-0.05, 0) is 30.4 Å². The highest BCUT2D eigenvalue weighted by Gasteiger charge is 2.26. The second-order valence-corrected chi connectivity index (χ2v) is 5.30. The van der Waals surface area contributed by atoms with Gasteiger partial charge in [0.1, 0.15) is 6.61 Å². The molecule has 18 heavy (non-hydrogen) atoms. The highest BCUT2D eigenvalue weighted by Crippen LogP contribution is 2.43. The molecule has 1 aromatic carbocycles. The van der Waals surface area contributed by atoms with Crippen molar-refractivity contribution in [2.75, 3.05) is 0 Å². The van der Waals surface area contributed by atoms with Crippen molar-refractivity contribution in [1.82, 2.24) is 9.94 Å². The third-order valence-corrected chi connectivity index (χ3v) is 3.83. The molecule has 0 bridgehead atoms. The zero-order valence-electron chi connectivity index (χ0n) is 9.71. The van der Waals surface area contributed by atoms with E-state index in [1.807, 2.05) is 6.07 Å². The van der Waals surface area contributed by atoms with E-state index in [1.54, 1.807) is 6.07 Å². The van der Waals surface area contributed by atoms with Crippen molar-refractivity contribution in [3.63, 3.8) is 0 Å². The molecule has 0 amide bonds. The molecule has 0 spiro atoms. The summed E-state index contributed by atoms with van der Waals surface area (Å²) in [5, 5.41) is 12.9. The Morgan fingerprint density at radius 3 is 2.89 bits per heavy atom. The van der Waals surface area contributed by atoms with E-state index in [-0.39, 0.29) is 0 Å². The van der Waals surface area contributed by atoms with Crippen LogP contribution in [-0.2, 0) is 6.61 Å². The Bertz CT molecular complexity index is 564. The number of hydrogen-bond donors (Lipinski definition) is 1.